The van der Waals surface area contributed by atoms with Gasteiger partial charge in [0, 0.05) is 38.0 Å². The molecule has 0 aliphatic carbocycles. The lowest BCUT2D eigenvalue weighted by atomic mass is 9.97. The minimum Gasteiger partial charge on any atom is -0.463 e. The van der Waals surface area contributed by atoms with Gasteiger partial charge in [0.25, 0.3) is 0 Å². The molecule has 1 aromatic carbocycles. The van der Waals surface area contributed by atoms with Crippen molar-refractivity contribution in [2.45, 2.75) is 92.3 Å². The van der Waals surface area contributed by atoms with E-state index < -0.39 is 47.3 Å². The first-order chi connectivity index (χ1) is 26.5. The number of rotatable bonds is 28. The molecule has 316 valence electrons. The Kier molecular flexibility index (Phi) is 24.4. The predicted octanol–water partition coefficient (Wildman–Crippen LogP) is 2.32. The number of nitrogens with one attached hydrogen (secondary N) is 5. The van der Waals surface area contributed by atoms with Gasteiger partial charge in [-0.2, -0.15) is 0 Å². The van der Waals surface area contributed by atoms with Crippen LogP contribution in [0.3, 0.4) is 0 Å². The first-order valence-electron chi connectivity index (χ1n) is 18.9. The molecule has 2 atom stereocenters. The molecule has 0 bridgehead atoms. The Morgan fingerprint density at radius 2 is 1.36 bits per heavy atom. The second-order valence-electron chi connectivity index (χ2n) is 14.1. The van der Waals surface area contributed by atoms with Crippen molar-refractivity contribution in [2.75, 3.05) is 64.7 Å². The minimum atomic E-state index is -1.03. The molecule has 0 saturated carbocycles. The monoisotopic (exact) mass is 794 g/mol. The Balaban J connectivity index is 2.56. The van der Waals surface area contributed by atoms with Crippen LogP contribution in [0.25, 0.3) is 0 Å². The lowest BCUT2D eigenvalue weighted by Gasteiger charge is -2.25. The number of primary amides is 1. The highest BCUT2D eigenvalue weighted by molar-refractivity contribution is 5.98. The number of ether oxygens (including phenoxy) is 5. The Morgan fingerprint density at radius 1 is 0.732 bits per heavy atom. The molecule has 18 heteroatoms. The minimum absolute atomic E-state index is 0.0153. The molecule has 0 heterocycles. The van der Waals surface area contributed by atoms with E-state index in [1.54, 1.807) is 65.8 Å². The van der Waals surface area contributed by atoms with E-state index in [-0.39, 0.29) is 89.7 Å². The van der Waals surface area contributed by atoms with Crippen molar-refractivity contribution in [1.29, 1.82) is 0 Å². The fourth-order valence-corrected chi connectivity index (χ4v) is 4.53. The third-order valence-electron chi connectivity index (χ3n) is 7.81. The summed E-state index contributed by atoms with van der Waals surface area (Å²) in [5.74, 6) is -2.06. The molecule has 0 aromatic heterocycles. The summed E-state index contributed by atoms with van der Waals surface area (Å²) in [6.45, 7) is 12.5. The van der Waals surface area contributed by atoms with Gasteiger partial charge in [-0.05, 0) is 57.2 Å². The maximum absolute atomic E-state index is 13.4. The second-order valence-corrected chi connectivity index (χ2v) is 14.1. The van der Waals surface area contributed by atoms with E-state index in [9.17, 15) is 33.6 Å². The van der Waals surface area contributed by atoms with Gasteiger partial charge in [-0.3, -0.25) is 24.0 Å². The molecule has 0 aliphatic heterocycles. The summed E-state index contributed by atoms with van der Waals surface area (Å²) in [7, 11) is 0. The summed E-state index contributed by atoms with van der Waals surface area (Å²) in [6.07, 6.45) is 0.490. The zero-order valence-electron chi connectivity index (χ0n) is 33.6. The van der Waals surface area contributed by atoms with Crippen LogP contribution in [-0.4, -0.2) is 113 Å². The Hall–Kier alpha value is -4.81. The summed E-state index contributed by atoms with van der Waals surface area (Å²) in [6, 6.07) is 3.86. The van der Waals surface area contributed by atoms with E-state index >= 15 is 0 Å². The molecule has 18 nitrogen and oxygen atoms in total. The van der Waals surface area contributed by atoms with Crippen LogP contribution in [0.4, 0.5) is 15.3 Å². The highest BCUT2D eigenvalue weighted by Crippen LogP contribution is 2.15. The van der Waals surface area contributed by atoms with E-state index in [1.807, 2.05) is 0 Å². The molecule has 0 aliphatic rings. The molecular weight excluding hydrogens is 732 g/mol. The number of nitrogens with two attached hydrogens (primary N) is 1. The molecule has 0 saturated heterocycles. The van der Waals surface area contributed by atoms with Crippen molar-refractivity contribution in [1.82, 2.24) is 21.3 Å². The topological polar surface area (TPSA) is 252 Å². The number of amides is 6. The molecule has 0 radical (unpaired) electrons. The molecule has 1 aromatic rings. The van der Waals surface area contributed by atoms with Crippen molar-refractivity contribution < 1.29 is 57.2 Å². The third-order valence-corrected chi connectivity index (χ3v) is 7.81. The molecule has 1 rings (SSSR count). The predicted molar refractivity (Wildman–Crippen MR) is 206 cm³/mol. The summed E-state index contributed by atoms with van der Waals surface area (Å²) >= 11 is 0. The van der Waals surface area contributed by atoms with Crippen molar-refractivity contribution in [3.63, 3.8) is 0 Å². The fraction of sp³-hybridized carbons (Fsp3) is 0.658. The van der Waals surface area contributed by atoms with E-state index in [0.717, 1.165) is 0 Å². The molecule has 0 spiro atoms. The molecule has 7 N–H and O–H groups in total. The molecule has 56 heavy (non-hydrogen) atoms. The molecule has 0 unspecified atom stereocenters. The van der Waals surface area contributed by atoms with Gasteiger partial charge >= 0.3 is 18.1 Å². The van der Waals surface area contributed by atoms with E-state index in [1.165, 1.54) is 0 Å². The number of alkyl carbamates (subject to hydrolysis) is 1. The summed E-state index contributed by atoms with van der Waals surface area (Å²) in [5.41, 5.74) is 5.65. The van der Waals surface area contributed by atoms with Crippen LogP contribution in [0.1, 0.15) is 79.2 Å². The van der Waals surface area contributed by atoms with Gasteiger partial charge in [0.1, 0.15) is 31.1 Å². The Bertz CT molecular complexity index is 1380. The van der Waals surface area contributed by atoms with E-state index in [4.69, 9.17) is 29.4 Å². The summed E-state index contributed by atoms with van der Waals surface area (Å²) in [5, 5.41) is 13.2. The summed E-state index contributed by atoms with van der Waals surface area (Å²) in [4.78, 5) is 85.6. The Morgan fingerprint density at radius 3 is 1.98 bits per heavy atom. The lowest BCUT2D eigenvalue weighted by molar-refractivity contribution is -0.154. The fourth-order valence-electron chi connectivity index (χ4n) is 4.53. The van der Waals surface area contributed by atoms with Gasteiger partial charge in [-0.15, -0.1) is 0 Å². The van der Waals surface area contributed by atoms with Crippen molar-refractivity contribution >= 4 is 47.3 Å². The summed E-state index contributed by atoms with van der Waals surface area (Å²) < 4.78 is 26.5. The number of hydrogen-bond acceptors (Lipinski definition) is 12. The van der Waals surface area contributed by atoms with Gasteiger partial charge < -0.3 is 56.0 Å². The number of ketones is 1. The van der Waals surface area contributed by atoms with Crippen LogP contribution in [0.5, 0.6) is 0 Å². The normalized spacial score (nSPS) is 12.2. The second kappa shape index (κ2) is 27.7. The standard InChI is InChI=1S/C38H62N6O12/c1-7-29(45)14-18-52-19-15-31(46)44-32(26(2)3)34(48)43-30(9-8-16-40-36(39)50)33(47)42-28-12-10-27(11-13-28)25-56-37(51)41-17-20-53-21-22-54-23-24-55-35(49)38(4,5)6/h10-13,26,30,32H,7-9,14-25H2,1-6H3,(H,41,51)(H,42,47)(H,43,48)(H,44,46)(H3,39,40,50)/t30-,32-/m1/s1. The number of esters is 1. The molecular formula is C38H62N6O12. The number of benzene rings is 1. The van der Waals surface area contributed by atoms with Crippen molar-refractivity contribution in [3.05, 3.63) is 29.8 Å². The van der Waals surface area contributed by atoms with Crippen LogP contribution >= 0.6 is 0 Å². The maximum atomic E-state index is 13.4. The molecule has 0 fully saturated rings. The largest absolute Gasteiger partial charge is 0.463 e. The van der Waals surface area contributed by atoms with Crippen LogP contribution in [0.15, 0.2) is 24.3 Å². The lowest BCUT2D eigenvalue weighted by Crippen LogP contribution is -2.54. The van der Waals surface area contributed by atoms with Gasteiger partial charge in [-0.1, -0.05) is 32.9 Å². The number of hydrogen-bond donors (Lipinski definition) is 6. The number of urea groups is 1. The average molecular weight is 795 g/mol. The number of Topliss-reactive ketones (excluding diaryl/α,β-unsaturated/α-hetero) is 1. The van der Waals surface area contributed by atoms with Gasteiger partial charge in [0.15, 0.2) is 0 Å². The molecule has 6 amide bonds. The van der Waals surface area contributed by atoms with Crippen LogP contribution in [0, 0.1) is 11.3 Å². The van der Waals surface area contributed by atoms with Crippen LogP contribution in [0.2, 0.25) is 0 Å². The highest BCUT2D eigenvalue weighted by atomic mass is 16.6. The Labute approximate surface area is 329 Å². The first-order valence-corrected chi connectivity index (χ1v) is 18.9. The van der Waals surface area contributed by atoms with Gasteiger partial charge in [-0.25, -0.2) is 9.59 Å². The zero-order valence-corrected chi connectivity index (χ0v) is 33.6. The third kappa shape index (κ3) is 23.2. The smallest absolute Gasteiger partial charge is 0.407 e. The SMILES string of the molecule is CCC(=O)CCOCCC(=O)N[C@@H](C(=O)N[C@H](CCCNC(N)=O)C(=O)Nc1ccc(COC(=O)NCCOCCOCCOC(=O)C(C)(C)C)cc1)C(C)C. The average Bonchev–Trinajstić information content (AvgIpc) is 3.14. The zero-order chi connectivity index (χ0) is 41.9. The number of carbonyl (C=O) groups excluding carboxylic acids is 7. The quantitative estimate of drug-likeness (QED) is 0.0528. The van der Waals surface area contributed by atoms with Gasteiger partial charge in [0.05, 0.1) is 45.1 Å². The highest BCUT2D eigenvalue weighted by Gasteiger charge is 2.29. The van der Waals surface area contributed by atoms with Crippen LogP contribution < -0.4 is 32.3 Å². The van der Waals surface area contributed by atoms with Crippen molar-refractivity contribution in [2.24, 2.45) is 17.1 Å². The number of anilines is 1. The van der Waals surface area contributed by atoms with Crippen LogP contribution in [-0.2, 0) is 54.3 Å². The van der Waals surface area contributed by atoms with Crippen molar-refractivity contribution in [3.8, 4) is 0 Å². The first kappa shape index (κ1) is 49.2. The van der Waals surface area contributed by atoms with E-state index in [0.29, 0.717) is 37.3 Å². The number of carbonyl (C=O) groups is 7. The van der Waals surface area contributed by atoms with Gasteiger partial charge in [0.2, 0.25) is 17.7 Å². The van der Waals surface area contributed by atoms with E-state index in [2.05, 4.69) is 26.6 Å². The maximum Gasteiger partial charge on any atom is 0.407 e.